The molecule has 0 radical (unpaired) electrons. The van der Waals surface area contributed by atoms with Gasteiger partial charge in [0.1, 0.15) is 0 Å². The molecule has 0 atom stereocenters. The molecule has 10 heavy (non-hydrogen) atoms. The van der Waals surface area contributed by atoms with Gasteiger partial charge in [-0.25, -0.2) is 0 Å². The second kappa shape index (κ2) is 16.6. The van der Waals surface area contributed by atoms with E-state index in [9.17, 15) is 0 Å². The minimum Gasteiger partial charge on any atom is -0.356 e. The summed E-state index contributed by atoms with van der Waals surface area (Å²) in [5.41, 5.74) is 0. The normalized spacial score (nSPS) is 4.80. The van der Waals surface area contributed by atoms with Crippen LogP contribution in [-0.2, 0) is 0 Å². The van der Waals surface area contributed by atoms with Crippen LogP contribution in [0.2, 0.25) is 0 Å². The molecule has 0 saturated carbocycles. The Balaban J connectivity index is -0.0000000300. The molecule has 0 N–H and O–H groups in total. The number of hydrogen-bond donors (Lipinski definition) is 0. The first-order valence-corrected chi connectivity index (χ1v) is 1.10. The summed E-state index contributed by atoms with van der Waals surface area (Å²) in [5.74, 6) is 0. The summed E-state index contributed by atoms with van der Waals surface area (Å²) >= 11 is 0. The van der Waals surface area contributed by atoms with Crippen LogP contribution < -0.4 is 0 Å². The molecule has 0 aliphatic rings. The number of rotatable bonds is 0. The van der Waals surface area contributed by atoms with Crippen molar-refractivity contribution in [2.75, 3.05) is 0 Å². The van der Waals surface area contributed by atoms with E-state index in [1.807, 2.05) is 0 Å². The molecular weight excluding hydrogens is 252 g/mol. The first kappa shape index (κ1) is 22.5. The van der Waals surface area contributed by atoms with Crippen LogP contribution in [0.25, 0.3) is 0 Å². The first-order chi connectivity index (χ1) is 3.46. The molecule has 0 aromatic heterocycles. The monoisotopic (exact) mass is 252 g/mol. The summed E-state index contributed by atoms with van der Waals surface area (Å²) in [6, 6.07) is 0. The molecule has 0 heterocycles. The maximum Gasteiger partial charge on any atom is 2.00 e. The molecule has 10 heteroatoms. The summed E-state index contributed by atoms with van der Waals surface area (Å²) < 4.78 is 0. The van der Waals surface area contributed by atoms with Gasteiger partial charge in [0.05, 0.1) is 10.2 Å². The van der Waals surface area contributed by atoms with E-state index in [-0.39, 0.29) is 83.2 Å². The van der Waals surface area contributed by atoms with E-state index in [0.29, 0.717) is 0 Å². The van der Waals surface area contributed by atoms with Crippen LogP contribution >= 0.6 is 0 Å². The molecule has 0 bridgehead atoms. The molecule has 0 spiro atoms. The Morgan fingerprint density at radius 1 is 0.800 bits per heavy atom. The molecular formula is CaN2O6Sr+2. The minimum atomic E-state index is -1.75. The Labute approximate surface area is 122 Å². The molecule has 0 fully saturated rings. The van der Waals surface area contributed by atoms with Crippen molar-refractivity contribution in [3.05, 3.63) is 30.6 Å². The fraction of sp³-hybridized carbons (Fsp3) is 0. The zero-order valence-corrected chi connectivity index (χ0v) is 10.4. The maximum absolute atomic E-state index is 8.25. The topological polar surface area (TPSA) is 132 Å². The average molecular weight is 252 g/mol. The van der Waals surface area contributed by atoms with Crippen molar-refractivity contribution in [1.82, 2.24) is 0 Å². The minimum absolute atomic E-state index is 0. The van der Waals surface area contributed by atoms with E-state index in [4.69, 9.17) is 30.6 Å². The van der Waals surface area contributed by atoms with Gasteiger partial charge in [0.2, 0.25) is 0 Å². The Hall–Kier alpha value is 1.14. The maximum atomic E-state index is 8.25. The molecule has 0 aliphatic carbocycles. The van der Waals surface area contributed by atoms with Gasteiger partial charge in [-0.2, -0.15) is 0 Å². The van der Waals surface area contributed by atoms with Gasteiger partial charge < -0.3 is 30.6 Å². The van der Waals surface area contributed by atoms with E-state index in [2.05, 4.69) is 0 Å². The van der Waals surface area contributed by atoms with Gasteiger partial charge >= 0.3 is 83.2 Å². The number of nitrogens with zero attached hydrogens (tertiary/aromatic N) is 2. The van der Waals surface area contributed by atoms with Crippen molar-refractivity contribution in [1.29, 1.82) is 0 Å². The third kappa shape index (κ3) is 466. The van der Waals surface area contributed by atoms with E-state index >= 15 is 0 Å². The fourth-order valence-electron chi connectivity index (χ4n) is 0. The zero-order valence-electron chi connectivity index (χ0n) is 4.76. The molecule has 0 aromatic carbocycles. The van der Waals surface area contributed by atoms with Crippen molar-refractivity contribution < 1.29 is 10.2 Å². The largest absolute Gasteiger partial charge is 2.00 e. The van der Waals surface area contributed by atoms with Crippen molar-refractivity contribution in [2.45, 2.75) is 0 Å². The van der Waals surface area contributed by atoms with Crippen LogP contribution in [0.4, 0.5) is 0 Å². The van der Waals surface area contributed by atoms with Gasteiger partial charge in [0.25, 0.3) is 0 Å². The second-order valence-electron chi connectivity index (χ2n) is 0.447. The molecule has 0 rings (SSSR count). The van der Waals surface area contributed by atoms with Crippen LogP contribution in [0.1, 0.15) is 0 Å². The summed E-state index contributed by atoms with van der Waals surface area (Å²) in [4.78, 5) is 16.5. The van der Waals surface area contributed by atoms with Crippen LogP contribution in [0.5, 0.6) is 0 Å². The fourth-order valence-corrected chi connectivity index (χ4v) is 0. The predicted octanol–water partition coefficient (Wildman–Crippen LogP) is -1.24. The quantitative estimate of drug-likeness (QED) is 0.300. The summed E-state index contributed by atoms with van der Waals surface area (Å²) in [7, 11) is 0. The van der Waals surface area contributed by atoms with E-state index in [1.54, 1.807) is 0 Å². The van der Waals surface area contributed by atoms with Crippen molar-refractivity contribution in [2.24, 2.45) is 0 Å². The second-order valence-corrected chi connectivity index (χ2v) is 0.447. The molecule has 8 nitrogen and oxygen atoms in total. The summed E-state index contributed by atoms with van der Waals surface area (Å²) in [5, 5.41) is 29.5. The van der Waals surface area contributed by atoms with Crippen LogP contribution in [0.15, 0.2) is 0 Å². The van der Waals surface area contributed by atoms with Gasteiger partial charge in [-0.1, -0.05) is 0 Å². The SMILES string of the molecule is O=[N+]([O-])[O-].O=[N+]([O-])[O-].[Ca+2].[Sr+2]. The van der Waals surface area contributed by atoms with Crippen molar-refractivity contribution in [3.63, 3.8) is 0 Å². The van der Waals surface area contributed by atoms with Gasteiger partial charge in [0, 0.05) is 0 Å². The van der Waals surface area contributed by atoms with Crippen LogP contribution in [-0.4, -0.2) is 93.4 Å². The van der Waals surface area contributed by atoms with E-state index in [1.165, 1.54) is 0 Å². The summed E-state index contributed by atoms with van der Waals surface area (Å²) in [6.07, 6.45) is 0. The molecule has 0 saturated heterocycles. The Kier molecular flexibility index (Phi) is 37.3. The molecule has 0 amide bonds. The third-order valence-electron chi connectivity index (χ3n) is 0. The molecule has 48 valence electrons. The smallest absolute Gasteiger partial charge is 0.356 e. The average Bonchev–Trinajstić information content (AvgIpc) is 1.25. The van der Waals surface area contributed by atoms with Crippen molar-refractivity contribution >= 4 is 83.2 Å². The Morgan fingerprint density at radius 2 is 0.800 bits per heavy atom. The predicted molar refractivity (Wildman–Crippen MR) is 32.2 cm³/mol. The summed E-state index contributed by atoms with van der Waals surface area (Å²) in [6.45, 7) is 0. The Morgan fingerprint density at radius 3 is 0.800 bits per heavy atom. The molecule has 0 aliphatic heterocycles. The third-order valence-corrected chi connectivity index (χ3v) is 0. The van der Waals surface area contributed by atoms with Gasteiger partial charge in [0.15, 0.2) is 0 Å². The van der Waals surface area contributed by atoms with Crippen LogP contribution in [0.3, 0.4) is 0 Å². The zero-order chi connectivity index (χ0) is 7.15. The van der Waals surface area contributed by atoms with Crippen LogP contribution in [0, 0.1) is 30.6 Å². The first-order valence-electron chi connectivity index (χ1n) is 1.10. The molecule has 0 aromatic rings. The molecule has 0 unspecified atom stereocenters. The van der Waals surface area contributed by atoms with Gasteiger partial charge in [-0.3, -0.25) is 0 Å². The van der Waals surface area contributed by atoms with Crippen molar-refractivity contribution in [3.8, 4) is 0 Å². The standard InChI is InChI=1S/Ca.2NO3.Sr/c;2*2-1(3)4;/q+2;2*-1;+2. The Bertz CT molecular complexity index is 73.7. The van der Waals surface area contributed by atoms with E-state index in [0.717, 1.165) is 0 Å². The number of hydrogen-bond acceptors (Lipinski definition) is 6. The van der Waals surface area contributed by atoms with E-state index < -0.39 is 10.2 Å². The van der Waals surface area contributed by atoms with Gasteiger partial charge in [-0.15, -0.1) is 0 Å². The van der Waals surface area contributed by atoms with Gasteiger partial charge in [-0.05, 0) is 0 Å².